The van der Waals surface area contributed by atoms with E-state index >= 15 is 0 Å². The molecule has 4 nitrogen and oxygen atoms in total. The first-order valence-electron chi connectivity index (χ1n) is 14.6. The first-order chi connectivity index (χ1) is 16.0. The molecule has 4 aliphatic rings. The van der Waals surface area contributed by atoms with E-state index in [0.717, 1.165) is 51.4 Å². The van der Waals surface area contributed by atoms with Gasteiger partial charge in [-0.2, -0.15) is 0 Å². The van der Waals surface area contributed by atoms with Gasteiger partial charge in [0.1, 0.15) is 0 Å². The van der Waals surface area contributed by atoms with E-state index in [1.807, 2.05) is 6.92 Å². The van der Waals surface area contributed by atoms with Crippen molar-refractivity contribution in [2.45, 2.75) is 143 Å². The number of aliphatic hydroxyl groups is 3. The second-order valence-corrected chi connectivity index (χ2v) is 15.5. The Labute approximate surface area is 215 Å². The summed E-state index contributed by atoms with van der Waals surface area (Å²) in [5.74, 6) is 1.24. The van der Waals surface area contributed by atoms with Gasteiger partial charge in [0.05, 0.1) is 23.4 Å². The lowest BCUT2D eigenvalue weighted by Gasteiger charge is -2.70. The van der Waals surface area contributed by atoms with Crippen LogP contribution in [0.15, 0.2) is 0 Å². The van der Waals surface area contributed by atoms with Gasteiger partial charge < -0.3 is 20.1 Å². The van der Waals surface area contributed by atoms with Crippen LogP contribution in [0, 0.1) is 45.3 Å². The quantitative estimate of drug-likeness (QED) is 0.404. The molecule has 204 valence electrons. The summed E-state index contributed by atoms with van der Waals surface area (Å²) in [6.45, 7) is 18.3. The Balaban J connectivity index is 1.60. The van der Waals surface area contributed by atoms with Crippen LogP contribution in [0.1, 0.15) is 120 Å². The summed E-state index contributed by atoms with van der Waals surface area (Å²) >= 11 is 0. The molecule has 4 aliphatic carbocycles. The number of aliphatic hydroxyl groups excluding tert-OH is 2. The van der Waals surface area contributed by atoms with Gasteiger partial charge in [0.15, 0.2) is 0 Å². The van der Waals surface area contributed by atoms with Gasteiger partial charge in [-0.1, -0.05) is 34.6 Å². The van der Waals surface area contributed by atoms with Crippen LogP contribution in [0.3, 0.4) is 0 Å². The molecule has 0 radical (unpaired) electrons. The van der Waals surface area contributed by atoms with E-state index in [1.54, 1.807) is 7.11 Å². The summed E-state index contributed by atoms with van der Waals surface area (Å²) < 4.78 is 5.61. The van der Waals surface area contributed by atoms with E-state index < -0.39 is 5.60 Å². The van der Waals surface area contributed by atoms with Crippen LogP contribution in [0.5, 0.6) is 0 Å². The summed E-state index contributed by atoms with van der Waals surface area (Å²) in [5, 5.41) is 34.5. The highest BCUT2D eigenvalue weighted by atomic mass is 16.5. The summed E-state index contributed by atoms with van der Waals surface area (Å²) in [5.41, 5.74) is -0.672. The zero-order valence-electron chi connectivity index (χ0n) is 24.3. The molecule has 4 heteroatoms. The van der Waals surface area contributed by atoms with Crippen molar-refractivity contribution in [2.24, 2.45) is 45.3 Å². The predicted octanol–water partition coefficient (Wildman–Crippen LogP) is 6.35. The van der Waals surface area contributed by atoms with Crippen molar-refractivity contribution in [3.63, 3.8) is 0 Å². The Hall–Kier alpha value is -0.160. The van der Waals surface area contributed by atoms with Gasteiger partial charge in [-0.15, -0.1) is 0 Å². The molecule has 4 fully saturated rings. The van der Waals surface area contributed by atoms with E-state index in [2.05, 4.69) is 48.5 Å². The molecule has 0 aromatic carbocycles. The predicted molar refractivity (Wildman–Crippen MR) is 142 cm³/mol. The fourth-order valence-corrected chi connectivity index (χ4v) is 10.6. The van der Waals surface area contributed by atoms with Crippen LogP contribution >= 0.6 is 0 Å². The highest BCUT2D eigenvalue weighted by molar-refractivity contribution is 5.19. The summed E-state index contributed by atoms with van der Waals surface area (Å²) in [6, 6.07) is 0. The number of fused-ring (bicyclic) bond motifs is 5. The average Bonchev–Trinajstić information content (AvgIpc) is 3.14. The molecule has 4 unspecified atom stereocenters. The first-order valence-corrected chi connectivity index (χ1v) is 14.6. The number of hydrogen-bond acceptors (Lipinski definition) is 4. The maximum absolute atomic E-state index is 11.8. The van der Waals surface area contributed by atoms with Gasteiger partial charge in [-0.05, 0) is 130 Å². The molecule has 0 aromatic heterocycles. The van der Waals surface area contributed by atoms with Crippen LogP contribution < -0.4 is 0 Å². The van der Waals surface area contributed by atoms with Gasteiger partial charge in [0.25, 0.3) is 0 Å². The van der Waals surface area contributed by atoms with Crippen LogP contribution in [-0.4, -0.2) is 45.8 Å². The molecular weight excluding hydrogens is 436 g/mol. The molecule has 4 rings (SSSR count). The van der Waals surface area contributed by atoms with E-state index in [4.69, 9.17) is 4.74 Å². The summed E-state index contributed by atoms with van der Waals surface area (Å²) in [4.78, 5) is 0. The second kappa shape index (κ2) is 8.68. The Kier molecular flexibility index (Phi) is 6.91. The van der Waals surface area contributed by atoms with Crippen molar-refractivity contribution in [3.05, 3.63) is 0 Å². The van der Waals surface area contributed by atoms with Crippen molar-refractivity contribution in [1.82, 2.24) is 0 Å². The molecule has 0 amide bonds. The molecule has 0 aliphatic heterocycles. The molecule has 3 N–H and O–H groups in total. The van der Waals surface area contributed by atoms with E-state index in [0.29, 0.717) is 11.8 Å². The SMILES string of the molecule is COC(C)(C)CCC[C@@](C)(O)C1CC[C@]2(C)C1[C@H](O)CC1[C@@]3(C)CC[C@H](O)C(C)(C)C3CC[C@]12C. The smallest absolute Gasteiger partial charge is 0.0651 e. The molecule has 0 saturated heterocycles. The number of methoxy groups -OCH3 is 1. The molecule has 10 atom stereocenters. The highest BCUT2D eigenvalue weighted by Crippen LogP contribution is 2.75. The third-order valence-corrected chi connectivity index (χ3v) is 13.2. The van der Waals surface area contributed by atoms with Crippen LogP contribution in [0.25, 0.3) is 0 Å². The molecule has 0 aromatic rings. The Morgan fingerprint density at radius 3 is 2.09 bits per heavy atom. The van der Waals surface area contributed by atoms with Gasteiger partial charge in [0, 0.05) is 7.11 Å². The lowest BCUT2D eigenvalue weighted by Crippen LogP contribution is -2.66. The lowest BCUT2D eigenvalue weighted by atomic mass is 9.35. The topological polar surface area (TPSA) is 69.9 Å². The van der Waals surface area contributed by atoms with Crippen molar-refractivity contribution >= 4 is 0 Å². The molecule has 4 saturated carbocycles. The highest BCUT2D eigenvalue weighted by Gasteiger charge is 2.71. The Morgan fingerprint density at radius 1 is 0.829 bits per heavy atom. The maximum atomic E-state index is 11.8. The van der Waals surface area contributed by atoms with Crippen molar-refractivity contribution in [2.75, 3.05) is 7.11 Å². The average molecular weight is 493 g/mol. The number of ether oxygens (including phenoxy) is 1. The summed E-state index contributed by atoms with van der Waals surface area (Å²) in [7, 11) is 1.76. The summed E-state index contributed by atoms with van der Waals surface area (Å²) in [6.07, 6.45) is 9.25. The molecule has 0 spiro atoms. The number of rotatable bonds is 6. The Bertz CT molecular complexity index is 789. The fourth-order valence-electron chi connectivity index (χ4n) is 10.6. The minimum absolute atomic E-state index is 0.0317. The monoisotopic (exact) mass is 492 g/mol. The largest absolute Gasteiger partial charge is 0.393 e. The van der Waals surface area contributed by atoms with Crippen LogP contribution in [-0.2, 0) is 4.74 Å². The molecule has 35 heavy (non-hydrogen) atoms. The van der Waals surface area contributed by atoms with E-state index in [-0.39, 0.29) is 51.3 Å². The molecule has 0 heterocycles. The van der Waals surface area contributed by atoms with Gasteiger partial charge in [-0.3, -0.25) is 0 Å². The van der Waals surface area contributed by atoms with E-state index in [9.17, 15) is 15.3 Å². The number of hydrogen-bond donors (Lipinski definition) is 3. The van der Waals surface area contributed by atoms with Crippen LogP contribution in [0.2, 0.25) is 0 Å². The lowest BCUT2D eigenvalue weighted by molar-refractivity contribution is -0.246. The van der Waals surface area contributed by atoms with E-state index in [1.165, 1.54) is 12.8 Å². The third-order valence-electron chi connectivity index (χ3n) is 13.2. The standard InChI is InChI=1S/C31H56O4/c1-26(2,35-9)14-10-15-31(8,34)20-11-17-30(7)25(20)21(32)19-23-28(5)16-13-24(33)27(3,4)22(28)12-18-29(23,30)6/h20-25,32-34H,10-19H2,1-9H3/t20?,21-,22?,23?,24+,25?,28+,29-,30-,31-/m1/s1. The van der Waals surface area contributed by atoms with Crippen molar-refractivity contribution in [3.8, 4) is 0 Å². The van der Waals surface area contributed by atoms with Crippen molar-refractivity contribution in [1.29, 1.82) is 0 Å². The second-order valence-electron chi connectivity index (χ2n) is 15.5. The molecule has 0 bridgehead atoms. The zero-order chi connectivity index (χ0) is 26.2. The Morgan fingerprint density at radius 2 is 1.46 bits per heavy atom. The van der Waals surface area contributed by atoms with Crippen molar-refractivity contribution < 1.29 is 20.1 Å². The van der Waals surface area contributed by atoms with Gasteiger partial charge >= 0.3 is 0 Å². The van der Waals surface area contributed by atoms with Gasteiger partial charge in [0.2, 0.25) is 0 Å². The minimum Gasteiger partial charge on any atom is -0.393 e. The van der Waals surface area contributed by atoms with Crippen LogP contribution in [0.4, 0.5) is 0 Å². The molecular formula is C31H56O4. The normalized spacial score (nSPS) is 49.0. The zero-order valence-corrected chi connectivity index (χ0v) is 24.3. The van der Waals surface area contributed by atoms with Gasteiger partial charge in [-0.25, -0.2) is 0 Å². The first kappa shape index (κ1) is 27.9. The minimum atomic E-state index is -0.769. The third kappa shape index (κ3) is 4.07. The maximum Gasteiger partial charge on any atom is 0.0651 e. The fraction of sp³-hybridized carbons (Fsp3) is 1.00.